The Balaban J connectivity index is 0.000000298. The number of carboxylic acids is 1. The van der Waals surface area contributed by atoms with Gasteiger partial charge in [0.1, 0.15) is 6.10 Å². The monoisotopic (exact) mass is 414 g/mol. The predicted molar refractivity (Wildman–Crippen MR) is 96.6 cm³/mol. The Kier molecular flexibility index (Phi) is 6.13. The van der Waals surface area contributed by atoms with Crippen molar-refractivity contribution in [3.05, 3.63) is 36.0 Å². The summed E-state index contributed by atoms with van der Waals surface area (Å²) in [6.45, 7) is 1.46. The molecule has 1 aromatic heterocycles. The van der Waals surface area contributed by atoms with Crippen LogP contribution in [0.1, 0.15) is 23.2 Å². The van der Waals surface area contributed by atoms with Crippen LogP contribution < -0.4 is 0 Å². The van der Waals surface area contributed by atoms with E-state index in [1.807, 2.05) is 24.3 Å². The van der Waals surface area contributed by atoms with Crippen LogP contribution in [0.15, 0.2) is 30.5 Å². The topological polar surface area (TPSA) is 91.9 Å². The minimum absolute atomic E-state index is 0.0173. The van der Waals surface area contributed by atoms with Gasteiger partial charge in [-0.2, -0.15) is 13.2 Å². The molecule has 0 spiro atoms. The molecule has 3 atom stereocenters. The Morgan fingerprint density at radius 3 is 2.38 bits per heavy atom. The molecular weight excluding hydrogens is 393 g/mol. The molecule has 2 saturated heterocycles. The van der Waals surface area contributed by atoms with Crippen molar-refractivity contribution in [1.82, 2.24) is 9.88 Å². The van der Waals surface area contributed by atoms with E-state index >= 15 is 0 Å². The third-order valence-electron chi connectivity index (χ3n) is 5.17. The Labute approximate surface area is 164 Å². The highest BCUT2D eigenvalue weighted by molar-refractivity contribution is 6.04. The molecular formula is C19H21F3N2O5. The zero-order chi connectivity index (χ0) is 21.2. The maximum Gasteiger partial charge on any atom is 0.490 e. The second-order valence-electron chi connectivity index (χ2n) is 7.06. The molecule has 2 N–H and O–H groups in total. The number of carboxylic acid groups (broad SMARTS) is 1. The van der Waals surface area contributed by atoms with Gasteiger partial charge < -0.3 is 19.6 Å². The van der Waals surface area contributed by atoms with E-state index in [-0.39, 0.29) is 12.1 Å². The van der Waals surface area contributed by atoms with Crippen molar-refractivity contribution in [3.63, 3.8) is 0 Å². The molecule has 2 aliphatic rings. The number of carbonyl (C=O) groups excluding carboxylic acids is 1. The standard InChI is InChI=1S/C17H20N2O3.C2HF3O2/c1-19-11-6-13(7-12(19)10-21-9-11)22-17(20)15-8-18-16-5-3-2-4-14(15)16;3-2(4,5)1(6)7/h2-5,8,11-13,18H,6-7,9-10H2,1H3;(H,6,7)/t11-,12+,13?;. The SMILES string of the molecule is CN1[C@@H]2COC[C@H]1CC(OC(=O)c1c[nH]c3ccccc13)C2.O=C(O)C(F)(F)F. The van der Waals surface area contributed by atoms with Gasteiger partial charge in [-0.3, -0.25) is 4.90 Å². The van der Waals surface area contributed by atoms with Crippen LogP contribution in [0.5, 0.6) is 0 Å². The van der Waals surface area contributed by atoms with E-state index in [9.17, 15) is 18.0 Å². The lowest BCUT2D eigenvalue weighted by molar-refractivity contribution is -0.192. The van der Waals surface area contributed by atoms with Crippen LogP contribution in [0.25, 0.3) is 10.9 Å². The summed E-state index contributed by atoms with van der Waals surface area (Å²) < 4.78 is 43.1. The maximum atomic E-state index is 12.5. The number of nitrogens with one attached hydrogen (secondary N) is 1. The molecule has 0 saturated carbocycles. The summed E-state index contributed by atoms with van der Waals surface area (Å²) in [4.78, 5) is 26.9. The Morgan fingerprint density at radius 1 is 1.21 bits per heavy atom. The van der Waals surface area contributed by atoms with Gasteiger partial charge in [0, 0.05) is 42.0 Å². The second-order valence-corrected chi connectivity index (χ2v) is 7.06. The van der Waals surface area contributed by atoms with E-state index in [4.69, 9.17) is 19.4 Å². The van der Waals surface area contributed by atoms with Crippen LogP contribution >= 0.6 is 0 Å². The molecule has 10 heteroatoms. The van der Waals surface area contributed by atoms with Crippen LogP contribution in [0.2, 0.25) is 0 Å². The van der Waals surface area contributed by atoms with Gasteiger partial charge in [-0.1, -0.05) is 18.2 Å². The van der Waals surface area contributed by atoms with Crippen LogP contribution in [0.3, 0.4) is 0 Å². The number of hydrogen-bond acceptors (Lipinski definition) is 5. The molecule has 158 valence electrons. The van der Waals surface area contributed by atoms with E-state index < -0.39 is 12.1 Å². The molecule has 2 bridgehead atoms. The van der Waals surface area contributed by atoms with Gasteiger partial charge in [0.25, 0.3) is 0 Å². The van der Waals surface area contributed by atoms with Crippen molar-refractivity contribution in [2.75, 3.05) is 20.3 Å². The first kappa shape index (κ1) is 21.1. The smallest absolute Gasteiger partial charge is 0.475 e. The maximum absolute atomic E-state index is 12.5. The van der Waals surface area contributed by atoms with Gasteiger partial charge >= 0.3 is 18.1 Å². The van der Waals surface area contributed by atoms with Gasteiger partial charge in [-0.25, -0.2) is 9.59 Å². The molecule has 2 aliphatic heterocycles. The summed E-state index contributed by atoms with van der Waals surface area (Å²) in [6.07, 6.45) is -1.66. The van der Waals surface area contributed by atoms with Crippen molar-refractivity contribution in [1.29, 1.82) is 0 Å². The number of aromatic nitrogens is 1. The summed E-state index contributed by atoms with van der Waals surface area (Å²) in [5.74, 6) is -2.99. The molecule has 0 aliphatic carbocycles. The number of ether oxygens (including phenoxy) is 2. The lowest BCUT2D eigenvalue weighted by Gasteiger charge is -2.46. The van der Waals surface area contributed by atoms with Crippen LogP contribution in [-0.4, -0.2) is 71.6 Å². The van der Waals surface area contributed by atoms with Crippen molar-refractivity contribution < 1.29 is 37.3 Å². The number of nitrogens with zero attached hydrogens (tertiary/aromatic N) is 1. The second kappa shape index (κ2) is 8.42. The van der Waals surface area contributed by atoms with Crippen molar-refractivity contribution in [2.45, 2.75) is 37.2 Å². The van der Waals surface area contributed by atoms with E-state index in [0.29, 0.717) is 17.6 Å². The number of halogens is 3. The summed E-state index contributed by atoms with van der Waals surface area (Å²) in [5, 5.41) is 8.05. The van der Waals surface area contributed by atoms with E-state index in [0.717, 1.165) is 37.0 Å². The number of H-pyrrole nitrogens is 1. The fourth-order valence-electron chi connectivity index (χ4n) is 3.60. The molecule has 3 heterocycles. The number of alkyl halides is 3. The van der Waals surface area contributed by atoms with Crippen LogP contribution in [-0.2, 0) is 14.3 Å². The Bertz CT molecular complexity index is 868. The zero-order valence-electron chi connectivity index (χ0n) is 15.6. The summed E-state index contributed by atoms with van der Waals surface area (Å²) in [5.41, 5.74) is 1.58. The molecule has 1 unspecified atom stereocenters. The zero-order valence-corrected chi connectivity index (χ0v) is 15.6. The highest BCUT2D eigenvalue weighted by Crippen LogP contribution is 2.29. The van der Waals surface area contributed by atoms with Gasteiger partial charge in [0.15, 0.2) is 0 Å². The number of benzene rings is 1. The number of aromatic amines is 1. The average molecular weight is 414 g/mol. The highest BCUT2D eigenvalue weighted by atomic mass is 19.4. The summed E-state index contributed by atoms with van der Waals surface area (Å²) in [7, 11) is 2.13. The van der Waals surface area contributed by atoms with Crippen molar-refractivity contribution in [3.8, 4) is 0 Å². The molecule has 0 radical (unpaired) electrons. The van der Waals surface area contributed by atoms with Crippen LogP contribution in [0.4, 0.5) is 13.2 Å². The number of esters is 1. The number of morpholine rings is 1. The number of piperidine rings is 1. The third kappa shape index (κ3) is 4.88. The van der Waals surface area contributed by atoms with Crippen molar-refractivity contribution in [2.24, 2.45) is 0 Å². The lowest BCUT2D eigenvalue weighted by atomic mass is 9.92. The first-order valence-corrected chi connectivity index (χ1v) is 9.03. The Hall–Kier alpha value is -2.59. The first-order chi connectivity index (χ1) is 13.7. The van der Waals surface area contributed by atoms with Gasteiger partial charge in [0.2, 0.25) is 0 Å². The largest absolute Gasteiger partial charge is 0.490 e. The van der Waals surface area contributed by atoms with Gasteiger partial charge in [-0.15, -0.1) is 0 Å². The average Bonchev–Trinajstić information content (AvgIpc) is 3.06. The first-order valence-electron chi connectivity index (χ1n) is 9.03. The fourth-order valence-corrected chi connectivity index (χ4v) is 3.60. The molecule has 4 rings (SSSR count). The number of fused-ring (bicyclic) bond motifs is 3. The summed E-state index contributed by atoms with van der Waals surface area (Å²) in [6, 6.07) is 8.50. The number of para-hydroxylation sites is 1. The molecule has 7 nitrogen and oxygen atoms in total. The van der Waals surface area contributed by atoms with Gasteiger partial charge in [-0.05, 0) is 13.1 Å². The molecule has 2 fully saturated rings. The molecule has 2 aromatic rings. The summed E-state index contributed by atoms with van der Waals surface area (Å²) >= 11 is 0. The third-order valence-corrected chi connectivity index (χ3v) is 5.17. The highest BCUT2D eigenvalue weighted by Gasteiger charge is 2.39. The Morgan fingerprint density at radius 2 is 1.79 bits per heavy atom. The normalized spacial score (nSPS) is 24.5. The molecule has 0 amide bonds. The number of rotatable bonds is 2. The van der Waals surface area contributed by atoms with Gasteiger partial charge in [0.05, 0.1) is 18.8 Å². The fraction of sp³-hybridized carbons (Fsp3) is 0.474. The minimum atomic E-state index is -5.08. The van der Waals surface area contributed by atoms with E-state index in [2.05, 4.69) is 16.9 Å². The number of hydrogen-bond donors (Lipinski definition) is 2. The molecule has 29 heavy (non-hydrogen) atoms. The van der Waals surface area contributed by atoms with E-state index in [1.165, 1.54) is 0 Å². The van der Waals surface area contributed by atoms with E-state index in [1.54, 1.807) is 6.20 Å². The molecule has 1 aromatic carbocycles. The lowest BCUT2D eigenvalue weighted by Crippen LogP contribution is -2.56. The minimum Gasteiger partial charge on any atom is -0.475 e. The van der Waals surface area contributed by atoms with Crippen LogP contribution in [0, 0.1) is 0 Å². The number of likely N-dealkylation sites (N-methyl/N-ethyl adjacent to an activating group) is 1. The quantitative estimate of drug-likeness (QED) is 0.735. The number of carbonyl (C=O) groups is 2. The van der Waals surface area contributed by atoms with Crippen molar-refractivity contribution >= 4 is 22.8 Å². The number of aliphatic carboxylic acids is 1. The predicted octanol–water partition coefficient (Wildman–Crippen LogP) is 2.82.